The van der Waals surface area contributed by atoms with Gasteiger partial charge < -0.3 is 9.64 Å². The number of ether oxygens (including phenoxy) is 1. The topological polar surface area (TPSA) is 71.5 Å². The van der Waals surface area contributed by atoms with Crippen molar-refractivity contribution in [2.24, 2.45) is 0 Å². The second-order valence-corrected chi connectivity index (χ2v) is 6.66. The maximum absolute atomic E-state index is 12.4. The number of carbonyl (C=O) groups is 2. The third-order valence-corrected chi connectivity index (χ3v) is 4.80. The van der Waals surface area contributed by atoms with Crippen LogP contribution in [0.5, 0.6) is 5.75 Å². The molecule has 7 heteroatoms. The summed E-state index contributed by atoms with van der Waals surface area (Å²) in [4.78, 5) is 31.3. The molecule has 23 heavy (non-hydrogen) atoms. The van der Waals surface area contributed by atoms with Crippen LogP contribution in [0.1, 0.15) is 27.9 Å². The van der Waals surface area contributed by atoms with E-state index >= 15 is 0 Å². The molecule has 1 aliphatic heterocycles. The van der Waals surface area contributed by atoms with Crippen molar-refractivity contribution in [1.29, 1.82) is 0 Å². The first kappa shape index (κ1) is 15.5. The number of anilines is 2. The molecular weight excluding hydrogens is 314 g/mol. The van der Waals surface area contributed by atoms with E-state index in [9.17, 15) is 9.59 Å². The van der Waals surface area contributed by atoms with Gasteiger partial charge in [-0.1, -0.05) is 0 Å². The average molecular weight is 331 g/mol. The SMILES string of the molecule is Cc1nc(NC(=O)c2ccc3c(c2)N(C)C(=O)C(C)O3)sc1C. The zero-order chi connectivity index (χ0) is 16.7. The van der Waals surface area contributed by atoms with E-state index in [4.69, 9.17) is 4.74 Å². The fourth-order valence-corrected chi connectivity index (χ4v) is 3.16. The van der Waals surface area contributed by atoms with Gasteiger partial charge in [0.2, 0.25) is 0 Å². The summed E-state index contributed by atoms with van der Waals surface area (Å²) in [6.07, 6.45) is -0.520. The lowest BCUT2D eigenvalue weighted by Gasteiger charge is -2.30. The van der Waals surface area contributed by atoms with Gasteiger partial charge in [0.25, 0.3) is 11.8 Å². The fraction of sp³-hybridized carbons (Fsp3) is 0.312. The van der Waals surface area contributed by atoms with Crippen molar-refractivity contribution in [3.05, 3.63) is 34.3 Å². The smallest absolute Gasteiger partial charge is 0.267 e. The van der Waals surface area contributed by atoms with E-state index in [-0.39, 0.29) is 11.8 Å². The number of hydrogen-bond acceptors (Lipinski definition) is 5. The Bertz CT molecular complexity index is 780. The van der Waals surface area contributed by atoms with Crippen LogP contribution >= 0.6 is 11.3 Å². The highest BCUT2D eigenvalue weighted by molar-refractivity contribution is 7.15. The number of nitrogens with zero attached hydrogens (tertiary/aromatic N) is 2. The minimum Gasteiger partial charge on any atom is -0.479 e. The summed E-state index contributed by atoms with van der Waals surface area (Å²) in [7, 11) is 1.68. The Morgan fingerprint density at radius 2 is 2.13 bits per heavy atom. The molecule has 0 spiro atoms. The van der Waals surface area contributed by atoms with E-state index in [0.717, 1.165) is 10.6 Å². The van der Waals surface area contributed by atoms with Crippen LogP contribution in [0.15, 0.2) is 18.2 Å². The molecule has 120 valence electrons. The first-order chi connectivity index (χ1) is 10.9. The van der Waals surface area contributed by atoms with Gasteiger partial charge in [-0.2, -0.15) is 0 Å². The second-order valence-electron chi connectivity index (χ2n) is 5.45. The first-order valence-corrected chi connectivity index (χ1v) is 8.02. The van der Waals surface area contributed by atoms with Crippen LogP contribution in [0.3, 0.4) is 0 Å². The summed E-state index contributed by atoms with van der Waals surface area (Å²) in [5, 5.41) is 3.35. The van der Waals surface area contributed by atoms with Crippen LogP contribution in [0, 0.1) is 13.8 Å². The number of hydrogen-bond donors (Lipinski definition) is 1. The van der Waals surface area contributed by atoms with Gasteiger partial charge >= 0.3 is 0 Å². The minimum absolute atomic E-state index is 0.138. The van der Waals surface area contributed by atoms with Crippen molar-refractivity contribution < 1.29 is 14.3 Å². The molecule has 1 aromatic carbocycles. The number of nitrogens with one attached hydrogen (secondary N) is 1. The molecule has 1 N–H and O–H groups in total. The molecule has 3 rings (SSSR count). The zero-order valence-corrected chi connectivity index (χ0v) is 14.2. The molecule has 2 heterocycles. The van der Waals surface area contributed by atoms with Crippen molar-refractivity contribution in [2.45, 2.75) is 26.9 Å². The molecule has 2 aromatic rings. The first-order valence-electron chi connectivity index (χ1n) is 7.20. The van der Waals surface area contributed by atoms with Crippen LogP contribution in [0.2, 0.25) is 0 Å². The highest BCUT2D eigenvalue weighted by atomic mass is 32.1. The van der Waals surface area contributed by atoms with Crippen LogP contribution in [0.25, 0.3) is 0 Å². The number of rotatable bonds is 2. The number of amides is 2. The van der Waals surface area contributed by atoms with Crippen LogP contribution < -0.4 is 15.0 Å². The number of benzene rings is 1. The van der Waals surface area contributed by atoms with Crippen molar-refractivity contribution in [1.82, 2.24) is 4.98 Å². The predicted molar refractivity (Wildman–Crippen MR) is 89.5 cm³/mol. The minimum atomic E-state index is -0.520. The van der Waals surface area contributed by atoms with E-state index in [1.807, 2.05) is 13.8 Å². The number of fused-ring (bicyclic) bond motifs is 1. The number of aryl methyl sites for hydroxylation is 2. The third-order valence-electron chi connectivity index (χ3n) is 3.81. The molecule has 0 saturated heterocycles. The Hall–Kier alpha value is -2.41. The van der Waals surface area contributed by atoms with Gasteiger partial charge in [-0.3, -0.25) is 14.9 Å². The van der Waals surface area contributed by atoms with Gasteiger partial charge in [0.1, 0.15) is 5.75 Å². The summed E-state index contributed by atoms with van der Waals surface area (Å²) in [5.74, 6) is 0.194. The number of likely N-dealkylation sites (N-methyl/N-ethyl adjacent to an activating group) is 1. The molecule has 1 unspecified atom stereocenters. The van der Waals surface area contributed by atoms with E-state index in [1.165, 1.54) is 16.2 Å². The van der Waals surface area contributed by atoms with Gasteiger partial charge in [0.05, 0.1) is 11.4 Å². The Kier molecular flexibility index (Phi) is 3.81. The Morgan fingerprint density at radius 3 is 2.78 bits per heavy atom. The maximum Gasteiger partial charge on any atom is 0.267 e. The van der Waals surface area contributed by atoms with Crippen LogP contribution in [0.4, 0.5) is 10.8 Å². The lowest BCUT2D eigenvalue weighted by atomic mass is 10.1. The Balaban J connectivity index is 1.86. The van der Waals surface area contributed by atoms with E-state index in [1.54, 1.807) is 32.2 Å². The molecule has 1 aromatic heterocycles. The monoisotopic (exact) mass is 331 g/mol. The van der Waals surface area contributed by atoms with Gasteiger partial charge in [0.15, 0.2) is 11.2 Å². The summed E-state index contributed by atoms with van der Waals surface area (Å²) in [6, 6.07) is 5.04. The van der Waals surface area contributed by atoms with Gasteiger partial charge in [-0.25, -0.2) is 4.98 Å². The summed E-state index contributed by atoms with van der Waals surface area (Å²) in [6.45, 7) is 5.57. The predicted octanol–water partition coefficient (Wildman–Crippen LogP) is 2.76. The quantitative estimate of drug-likeness (QED) is 0.918. The molecule has 0 saturated carbocycles. The molecule has 0 fully saturated rings. The lowest BCUT2D eigenvalue weighted by Crippen LogP contribution is -2.42. The van der Waals surface area contributed by atoms with Crippen molar-refractivity contribution in [3.63, 3.8) is 0 Å². The van der Waals surface area contributed by atoms with Gasteiger partial charge in [0, 0.05) is 17.5 Å². The zero-order valence-electron chi connectivity index (χ0n) is 13.3. The molecule has 2 amide bonds. The summed E-state index contributed by atoms with van der Waals surface area (Å²) < 4.78 is 5.55. The standard InChI is InChI=1S/C16H17N3O3S/c1-8-10(3)23-16(17-8)18-14(20)11-5-6-13-12(7-11)19(4)15(21)9(2)22-13/h5-7,9H,1-4H3,(H,17,18,20). The highest BCUT2D eigenvalue weighted by Gasteiger charge is 2.29. The van der Waals surface area contributed by atoms with E-state index in [0.29, 0.717) is 22.1 Å². The number of carbonyl (C=O) groups excluding carboxylic acids is 2. The van der Waals surface area contributed by atoms with Crippen molar-refractivity contribution >= 4 is 34.0 Å². The fourth-order valence-electron chi connectivity index (χ4n) is 2.35. The van der Waals surface area contributed by atoms with Crippen LogP contribution in [-0.4, -0.2) is 29.9 Å². The second kappa shape index (κ2) is 5.66. The summed E-state index contributed by atoms with van der Waals surface area (Å²) in [5.41, 5.74) is 1.95. The third kappa shape index (κ3) is 2.79. The molecule has 0 bridgehead atoms. The maximum atomic E-state index is 12.4. The molecule has 0 aliphatic carbocycles. The van der Waals surface area contributed by atoms with Crippen LogP contribution in [-0.2, 0) is 4.79 Å². The van der Waals surface area contributed by atoms with E-state index < -0.39 is 6.10 Å². The molecule has 1 atom stereocenters. The number of thiazole rings is 1. The van der Waals surface area contributed by atoms with Crippen molar-refractivity contribution in [3.8, 4) is 5.75 Å². The summed E-state index contributed by atoms with van der Waals surface area (Å²) >= 11 is 1.44. The largest absolute Gasteiger partial charge is 0.479 e. The van der Waals surface area contributed by atoms with E-state index in [2.05, 4.69) is 10.3 Å². The highest BCUT2D eigenvalue weighted by Crippen LogP contribution is 2.34. The normalized spacial score (nSPS) is 16.8. The Morgan fingerprint density at radius 1 is 1.39 bits per heavy atom. The van der Waals surface area contributed by atoms with Gasteiger partial charge in [-0.05, 0) is 39.0 Å². The molecule has 1 aliphatic rings. The number of aromatic nitrogens is 1. The molecular formula is C16H17N3O3S. The molecule has 0 radical (unpaired) electrons. The Labute approximate surface area is 138 Å². The molecule has 6 nitrogen and oxygen atoms in total. The lowest BCUT2D eigenvalue weighted by molar-refractivity contribution is -0.125. The van der Waals surface area contributed by atoms with Gasteiger partial charge in [-0.15, -0.1) is 11.3 Å². The average Bonchev–Trinajstić information content (AvgIpc) is 2.82. The van der Waals surface area contributed by atoms with Crippen molar-refractivity contribution in [2.75, 3.05) is 17.3 Å².